The third-order valence-electron chi connectivity index (χ3n) is 3.25. The maximum atomic E-state index is 12.0. The highest BCUT2D eigenvalue weighted by Gasteiger charge is 2.40. The molecule has 2 aliphatic rings. The summed E-state index contributed by atoms with van der Waals surface area (Å²) in [6.45, 7) is 0.332. The van der Waals surface area contributed by atoms with E-state index in [9.17, 15) is 4.39 Å². The Bertz CT molecular complexity index is 260. The molecule has 2 rings (SSSR count). The summed E-state index contributed by atoms with van der Waals surface area (Å²) in [6.07, 6.45) is 4.69. The van der Waals surface area contributed by atoms with E-state index in [0.717, 1.165) is 18.8 Å². The zero-order valence-corrected chi connectivity index (χ0v) is 9.71. The minimum absolute atomic E-state index is 0.290. The highest BCUT2D eigenvalue weighted by atomic mass is 19.1. The van der Waals surface area contributed by atoms with Crippen LogP contribution in [-0.4, -0.2) is 44.5 Å². The Morgan fingerprint density at radius 2 is 2.38 bits per heavy atom. The van der Waals surface area contributed by atoms with Crippen molar-refractivity contribution in [2.24, 2.45) is 4.99 Å². The lowest BCUT2D eigenvalue weighted by atomic mass is 9.96. The zero-order chi connectivity index (χ0) is 11.4. The monoisotopic (exact) mass is 229 g/mol. The van der Waals surface area contributed by atoms with Crippen LogP contribution in [0.25, 0.3) is 0 Å². The SMILES string of the molecule is CN=C(NCCCF)NC1CC2CCC1O2. The minimum Gasteiger partial charge on any atom is -0.373 e. The number of halogens is 1. The number of rotatable bonds is 4. The maximum Gasteiger partial charge on any atom is 0.191 e. The van der Waals surface area contributed by atoms with E-state index in [1.165, 1.54) is 6.42 Å². The molecule has 16 heavy (non-hydrogen) atoms. The van der Waals surface area contributed by atoms with E-state index in [1.54, 1.807) is 7.05 Å². The fourth-order valence-electron chi connectivity index (χ4n) is 2.43. The second-order valence-corrected chi connectivity index (χ2v) is 4.40. The Hall–Kier alpha value is -0.840. The topological polar surface area (TPSA) is 45.7 Å². The first-order valence-corrected chi connectivity index (χ1v) is 6.02. The summed E-state index contributed by atoms with van der Waals surface area (Å²) in [5, 5.41) is 6.45. The van der Waals surface area contributed by atoms with Gasteiger partial charge >= 0.3 is 0 Å². The number of hydrogen-bond donors (Lipinski definition) is 2. The molecule has 2 fully saturated rings. The van der Waals surface area contributed by atoms with E-state index in [2.05, 4.69) is 15.6 Å². The Balaban J connectivity index is 1.74. The summed E-state index contributed by atoms with van der Waals surface area (Å²) in [4.78, 5) is 4.12. The van der Waals surface area contributed by atoms with Gasteiger partial charge in [-0.25, -0.2) is 0 Å². The lowest BCUT2D eigenvalue weighted by molar-refractivity contribution is 0.0992. The summed E-state index contributed by atoms with van der Waals surface area (Å²) < 4.78 is 17.7. The Morgan fingerprint density at radius 1 is 1.50 bits per heavy atom. The standard InChI is InChI=1S/C11H20FN3O/c1-13-11(14-6-2-5-12)15-9-7-8-3-4-10(9)16-8/h8-10H,2-7H2,1H3,(H2,13,14,15). The number of alkyl halides is 1. The molecule has 2 saturated heterocycles. The molecule has 2 aliphatic heterocycles. The molecule has 2 bridgehead atoms. The molecule has 2 heterocycles. The third kappa shape index (κ3) is 2.64. The number of guanidine groups is 1. The van der Waals surface area contributed by atoms with Gasteiger partial charge in [0.1, 0.15) is 0 Å². The van der Waals surface area contributed by atoms with Gasteiger partial charge in [-0.1, -0.05) is 0 Å². The molecule has 0 aliphatic carbocycles. The van der Waals surface area contributed by atoms with E-state index < -0.39 is 0 Å². The fourth-order valence-corrected chi connectivity index (χ4v) is 2.43. The Kier molecular flexibility index (Phi) is 3.98. The van der Waals surface area contributed by atoms with Crippen LogP contribution in [-0.2, 0) is 4.74 Å². The van der Waals surface area contributed by atoms with Crippen LogP contribution in [0.5, 0.6) is 0 Å². The smallest absolute Gasteiger partial charge is 0.191 e. The number of nitrogens with zero attached hydrogens (tertiary/aromatic N) is 1. The quantitative estimate of drug-likeness (QED) is 0.426. The molecule has 3 atom stereocenters. The summed E-state index contributed by atoms with van der Waals surface area (Å²) >= 11 is 0. The summed E-state index contributed by atoms with van der Waals surface area (Å²) in [5.74, 6) is 0.759. The van der Waals surface area contributed by atoms with Crippen LogP contribution in [0.3, 0.4) is 0 Å². The lowest BCUT2D eigenvalue weighted by Crippen LogP contribution is -2.47. The first kappa shape index (κ1) is 11.6. The first-order chi connectivity index (χ1) is 7.83. The van der Waals surface area contributed by atoms with Crippen molar-refractivity contribution in [1.29, 1.82) is 0 Å². The van der Waals surface area contributed by atoms with Crippen LogP contribution in [0.1, 0.15) is 25.7 Å². The molecule has 4 nitrogen and oxygen atoms in total. The van der Waals surface area contributed by atoms with Crippen molar-refractivity contribution >= 4 is 5.96 Å². The first-order valence-electron chi connectivity index (χ1n) is 6.02. The molecular weight excluding hydrogens is 209 g/mol. The number of aliphatic imine (C=N–C) groups is 1. The molecule has 0 aromatic heterocycles. The predicted octanol–water partition coefficient (Wildman–Crippen LogP) is 0.831. The number of fused-ring (bicyclic) bond motifs is 2. The number of ether oxygens (including phenoxy) is 1. The van der Waals surface area contributed by atoms with E-state index in [0.29, 0.717) is 31.2 Å². The Labute approximate surface area is 95.7 Å². The van der Waals surface area contributed by atoms with Gasteiger partial charge in [-0.3, -0.25) is 9.38 Å². The highest BCUT2D eigenvalue weighted by molar-refractivity contribution is 5.80. The van der Waals surface area contributed by atoms with Crippen molar-refractivity contribution in [1.82, 2.24) is 10.6 Å². The van der Waals surface area contributed by atoms with E-state index in [-0.39, 0.29) is 6.67 Å². The van der Waals surface area contributed by atoms with Gasteiger partial charge in [0.2, 0.25) is 0 Å². The van der Waals surface area contributed by atoms with Gasteiger partial charge in [0.25, 0.3) is 0 Å². The van der Waals surface area contributed by atoms with Gasteiger partial charge in [-0.15, -0.1) is 0 Å². The molecule has 3 unspecified atom stereocenters. The number of nitrogens with one attached hydrogen (secondary N) is 2. The maximum absolute atomic E-state index is 12.0. The fraction of sp³-hybridized carbons (Fsp3) is 0.909. The van der Waals surface area contributed by atoms with E-state index in [1.807, 2.05) is 0 Å². The zero-order valence-electron chi connectivity index (χ0n) is 9.71. The van der Waals surface area contributed by atoms with Crippen LogP contribution >= 0.6 is 0 Å². The average molecular weight is 229 g/mol. The molecule has 0 amide bonds. The van der Waals surface area contributed by atoms with Crippen molar-refractivity contribution in [2.45, 2.75) is 43.9 Å². The van der Waals surface area contributed by atoms with Gasteiger partial charge in [0, 0.05) is 13.6 Å². The van der Waals surface area contributed by atoms with Gasteiger partial charge < -0.3 is 15.4 Å². The van der Waals surface area contributed by atoms with Gasteiger partial charge in [-0.05, 0) is 25.7 Å². The van der Waals surface area contributed by atoms with Crippen LogP contribution < -0.4 is 10.6 Å². The van der Waals surface area contributed by atoms with E-state index in [4.69, 9.17) is 4.74 Å². The number of hydrogen-bond acceptors (Lipinski definition) is 2. The van der Waals surface area contributed by atoms with Gasteiger partial charge in [0.15, 0.2) is 5.96 Å². The second-order valence-electron chi connectivity index (χ2n) is 4.40. The summed E-state index contributed by atoms with van der Waals surface area (Å²) in [6, 6.07) is 0.371. The van der Waals surface area contributed by atoms with Crippen molar-refractivity contribution in [3.8, 4) is 0 Å². The van der Waals surface area contributed by atoms with Crippen molar-refractivity contribution < 1.29 is 9.13 Å². The lowest BCUT2D eigenvalue weighted by Gasteiger charge is -2.22. The highest BCUT2D eigenvalue weighted by Crippen LogP contribution is 2.34. The van der Waals surface area contributed by atoms with Crippen molar-refractivity contribution in [2.75, 3.05) is 20.3 Å². The molecule has 92 valence electrons. The van der Waals surface area contributed by atoms with Gasteiger partial charge in [-0.2, -0.15) is 0 Å². The van der Waals surface area contributed by atoms with Crippen LogP contribution in [0.15, 0.2) is 4.99 Å². The second kappa shape index (κ2) is 5.48. The summed E-state index contributed by atoms with van der Waals surface area (Å²) in [7, 11) is 1.73. The molecular formula is C11H20FN3O. The van der Waals surface area contributed by atoms with E-state index >= 15 is 0 Å². The van der Waals surface area contributed by atoms with Crippen LogP contribution in [0.4, 0.5) is 4.39 Å². The average Bonchev–Trinajstić information content (AvgIpc) is 2.89. The largest absolute Gasteiger partial charge is 0.373 e. The molecule has 0 spiro atoms. The molecule has 0 aromatic rings. The molecule has 0 radical (unpaired) electrons. The molecule has 2 N–H and O–H groups in total. The minimum atomic E-state index is -0.290. The van der Waals surface area contributed by atoms with Crippen molar-refractivity contribution in [3.63, 3.8) is 0 Å². The van der Waals surface area contributed by atoms with Crippen LogP contribution in [0.2, 0.25) is 0 Å². The third-order valence-corrected chi connectivity index (χ3v) is 3.25. The summed E-state index contributed by atoms with van der Waals surface area (Å²) in [5.41, 5.74) is 0. The molecule has 0 aromatic carbocycles. The van der Waals surface area contributed by atoms with Crippen molar-refractivity contribution in [3.05, 3.63) is 0 Å². The molecule has 5 heteroatoms. The predicted molar refractivity (Wildman–Crippen MR) is 61.4 cm³/mol. The Morgan fingerprint density at radius 3 is 2.94 bits per heavy atom. The van der Waals surface area contributed by atoms with Gasteiger partial charge in [0.05, 0.1) is 24.9 Å². The molecule has 0 saturated carbocycles. The normalized spacial score (nSPS) is 33.1. The van der Waals surface area contributed by atoms with Crippen LogP contribution in [0, 0.1) is 0 Å².